The van der Waals surface area contributed by atoms with Gasteiger partial charge in [0.25, 0.3) is 6.71 Å². The number of anilines is 6. The van der Waals surface area contributed by atoms with E-state index in [1.54, 1.807) is 0 Å². The van der Waals surface area contributed by atoms with Crippen LogP contribution in [0.4, 0.5) is 34.1 Å². The van der Waals surface area contributed by atoms with Crippen molar-refractivity contribution in [2.24, 2.45) is 0 Å². The van der Waals surface area contributed by atoms with Crippen LogP contribution in [0, 0.1) is 0 Å². The predicted octanol–water partition coefficient (Wildman–Crippen LogP) is 16.0. The third kappa shape index (κ3) is 7.34. The second kappa shape index (κ2) is 14.7. The Balaban J connectivity index is 1.37. The van der Waals surface area contributed by atoms with Crippen molar-refractivity contribution in [1.29, 1.82) is 0 Å². The van der Waals surface area contributed by atoms with Crippen LogP contribution in [0.25, 0.3) is 11.1 Å². The number of hydrogen-bond donors (Lipinski definition) is 0. The number of rotatable bonds is 3. The summed E-state index contributed by atoms with van der Waals surface area (Å²) in [6.07, 6.45) is 4.74. The van der Waals surface area contributed by atoms with E-state index >= 15 is 0 Å². The van der Waals surface area contributed by atoms with Crippen molar-refractivity contribution in [3.05, 3.63) is 148 Å². The van der Waals surface area contributed by atoms with Crippen molar-refractivity contribution in [3.8, 4) is 11.1 Å². The standard InChI is InChI=1S/C64H77BN2/c1-58(2,3)41-24-28-52(45(33-41)40-21-19-18-20-22-40)67-53-34-42(59(4,5)6)23-27-50(53)65-51-38-48-49(64(16,17)32-31-63(48,14)15)39-54(51)66(55-35-43(60(7,8)9)36-56(67)57(55)65)44-25-26-46-47(37-44)62(12,13)30-29-61(46,10)11/h18-28,33-39H,29-32H2,1-17H3. The first-order valence-electron chi connectivity index (χ1n) is 25.6. The third-order valence-electron chi connectivity index (χ3n) is 17.1. The minimum Gasteiger partial charge on any atom is -0.311 e. The molecule has 67 heavy (non-hydrogen) atoms. The molecule has 346 valence electrons. The van der Waals surface area contributed by atoms with Gasteiger partial charge in [-0.05, 0) is 173 Å². The lowest BCUT2D eigenvalue weighted by molar-refractivity contribution is 0.332. The molecule has 0 bridgehead atoms. The molecule has 0 aromatic heterocycles. The summed E-state index contributed by atoms with van der Waals surface area (Å²) in [6, 6.07) is 44.1. The minimum absolute atomic E-state index is 0.0119. The van der Waals surface area contributed by atoms with E-state index < -0.39 is 0 Å². The fourth-order valence-electron chi connectivity index (χ4n) is 12.3. The monoisotopic (exact) mass is 885 g/mol. The van der Waals surface area contributed by atoms with Crippen LogP contribution >= 0.6 is 0 Å². The smallest absolute Gasteiger partial charge is 0.252 e. The summed E-state index contributed by atoms with van der Waals surface area (Å²) < 4.78 is 0. The quantitative estimate of drug-likeness (QED) is 0.163. The summed E-state index contributed by atoms with van der Waals surface area (Å²) in [5.41, 5.74) is 24.7. The van der Waals surface area contributed by atoms with Gasteiger partial charge in [-0.15, -0.1) is 0 Å². The maximum atomic E-state index is 2.73. The van der Waals surface area contributed by atoms with Crippen LogP contribution in [0.1, 0.15) is 182 Å². The molecule has 10 rings (SSSR count). The van der Waals surface area contributed by atoms with E-state index in [4.69, 9.17) is 0 Å². The van der Waals surface area contributed by atoms with Gasteiger partial charge in [0.15, 0.2) is 0 Å². The number of nitrogens with zero attached hydrogens (tertiary/aromatic N) is 2. The number of benzene rings is 6. The maximum Gasteiger partial charge on any atom is 0.252 e. The van der Waals surface area contributed by atoms with Gasteiger partial charge in [0.05, 0.1) is 5.69 Å². The fourth-order valence-corrected chi connectivity index (χ4v) is 12.3. The highest BCUT2D eigenvalue weighted by Gasteiger charge is 2.48. The first kappa shape index (κ1) is 45.8. The van der Waals surface area contributed by atoms with Crippen LogP contribution < -0.4 is 26.2 Å². The van der Waals surface area contributed by atoms with Crippen molar-refractivity contribution in [3.63, 3.8) is 0 Å². The Morgan fingerprint density at radius 1 is 0.388 bits per heavy atom. The third-order valence-corrected chi connectivity index (χ3v) is 17.1. The summed E-state index contributed by atoms with van der Waals surface area (Å²) in [5, 5.41) is 0. The van der Waals surface area contributed by atoms with Gasteiger partial charge >= 0.3 is 0 Å². The molecule has 0 amide bonds. The highest BCUT2D eigenvalue weighted by atomic mass is 15.2. The van der Waals surface area contributed by atoms with Gasteiger partial charge in [0.1, 0.15) is 0 Å². The van der Waals surface area contributed by atoms with Crippen LogP contribution in [-0.2, 0) is 37.9 Å². The van der Waals surface area contributed by atoms with Gasteiger partial charge in [-0.1, -0.05) is 178 Å². The van der Waals surface area contributed by atoms with Crippen LogP contribution in [0.3, 0.4) is 0 Å². The van der Waals surface area contributed by atoms with Gasteiger partial charge in [-0.2, -0.15) is 0 Å². The average Bonchev–Trinajstić information content (AvgIpc) is 3.25. The summed E-state index contributed by atoms with van der Waals surface area (Å²) in [6.45, 7) is 41.2. The van der Waals surface area contributed by atoms with Gasteiger partial charge in [0.2, 0.25) is 0 Å². The Labute approximate surface area is 405 Å². The Kier molecular flexibility index (Phi) is 10.1. The van der Waals surface area contributed by atoms with Gasteiger partial charge in [-0.3, -0.25) is 0 Å². The van der Waals surface area contributed by atoms with Crippen molar-refractivity contribution in [2.75, 3.05) is 9.80 Å². The lowest BCUT2D eigenvalue weighted by Gasteiger charge is -2.48. The van der Waals surface area contributed by atoms with Gasteiger partial charge < -0.3 is 9.80 Å². The van der Waals surface area contributed by atoms with E-state index in [-0.39, 0.29) is 44.6 Å². The van der Waals surface area contributed by atoms with Crippen molar-refractivity contribution in [1.82, 2.24) is 0 Å². The van der Waals surface area contributed by atoms with Gasteiger partial charge in [0, 0.05) is 34.0 Å². The Hall–Kier alpha value is -5.02. The zero-order valence-electron chi connectivity index (χ0n) is 44.2. The number of hydrogen-bond acceptors (Lipinski definition) is 2. The molecule has 0 radical (unpaired) electrons. The summed E-state index contributed by atoms with van der Waals surface area (Å²) >= 11 is 0. The average molecular weight is 885 g/mol. The largest absolute Gasteiger partial charge is 0.311 e. The molecule has 2 aliphatic carbocycles. The predicted molar refractivity (Wildman–Crippen MR) is 293 cm³/mol. The molecule has 0 N–H and O–H groups in total. The molecule has 2 nitrogen and oxygen atoms in total. The molecular weight excluding hydrogens is 808 g/mol. The molecule has 4 aliphatic rings. The van der Waals surface area contributed by atoms with Crippen molar-refractivity contribution in [2.45, 2.75) is 181 Å². The minimum atomic E-state index is -0.117. The molecule has 2 heterocycles. The molecule has 0 spiro atoms. The lowest BCUT2D eigenvalue weighted by Crippen LogP contribution is -2.62. The first-order valence-corrected chi connectivity index (χ1v) is 25.6. The Morgan fingerprint density at radius 2 is 0.866 bits per heavy atom. The molecular formula is C64H77BN2. The van der Waals surface area contributed by atoms with E-state index in [9.17, 15) is 0 Å². The van der Waals surface area contributed by atoms with Crippen molar-refractivity contribution >= 4 is 57.2 Å². The molecule has 0 atom stereocenters. The van der Waals surface area contributed by atoms with E-state index in [1.165, 1.54) is 126 Å². The van der Waals surface area contributed by atoms with Crippen LogP contribution in [0.2, 0.25) is 0 Å². The molecule has 6 aromatic rings. The van der Waals surface area contributed by atoms with Gasteiger partial charge in [-0.25, -0.2) is 0 Å². The fraction of sp³-hybridized carbons (Fsp3) is 0.438. The summed E-state index contributed by atoms with van der Waals surface area (Å²) in [5.74, 6) is 0. The highest BCUT2D eigenvalue weighted by molar-refractivity contribution is 7.00. The SMILES string of the molecule is CC(C)(C)c1ccc(N2c3cc(C(C)(C)C)ccc3B3c4cc5c(cc4N(c4ccc6c(c4)C(C)(C)CCC6(C)C)c4cc(C(C)(C)C)cc2c43)C(C)(C)CCC5(C)C)c(-c2ccccc2)c1. The molecule has 6 aromatic carbocycles. The van der Waals surface area contributed by atoms with Crippen LogP contribution in [0.5, 0.6) is 0 Å². The molecule has 0 saturated carbocycles. The molecule has 0 saturated heterocycles. The molecule has 2 aliphatic heterocycles. The summed E-state index contributed by atoms with van der Waals surface area (Å²) in [4.78, 5) is 5.42. The Morgan fingerprint density at radius 3 is 1.45 bits per heavy atom. The van der Waals surface area contributed by atoms with E-state index in [0.717, 1.165) is 0 Å². The second-order valence-electron chi connectivity index (χ2n) is 26.9. The highest BCUT2D eigenvalue weighted by Crippen LogP contribution is 2.54. The van der Waals surface area contributed by atoms with Crippen LogP contribution in [-0.4, -0.2) is 6.71 Å². The van der Waals surface area contributed by atoms with E-state index in [1.807, 2.05) is 0 Å². The maximum absolute atomic E-state index is 2.73. The summed E-state index contributed by atoms with van der Waals surface area (Å²) in [7, 11) is 0. The first-order chi connectivity index (χ1) is 31.1. The molecule has 3 heteroatoms. The molecule has 0 fully saturated rings. The second-order valence-corrected chi connectivity index (χ2v) is 26.9. The van der Waals surface area contributed by atoms with E-state index in [2.05, 4.69) is 237 Å². The number of fused-ring (bicyclic) bond motifs is 6. The molecule has 0 unspecified atom stereocenters. The normalized spacial score (nSPS) is 18.7. The lowest BCUT2D eigenvalue weighted by atomic mass is 9.33. The van der Waals surface area contributed by atoms with Crippen molar-refractivity contribution < 1.29 is 0 Å². The zero-order valence-corrected chi connectivity index (χ0v) is 44.2. The topological polar surface area (TPSA) is 6.48 Å². The van der Waals surface area contributed by atoms with Crippen LogP contribution in [0.15, 0.2) is 109 Å². The Bertz CT molecular complexity index is 2980. The van der Waals surface area contributed by atoms with E-state index in [0.29, 0.717) is 0 Å². The zero-order chi connectivity index (χ0) is 48.2.